The molecule has 162 valence electrons. The molecule has 0 aliphatic rings. The van der Waals surface area contributed by atoms with Crippen LogP contribution < -0.4 is 10.4 Å². The average Bonchev–Trinajstić information content (AvgIpc) is 3.13. The van der Waals surface area contributed by atoms with Crippen LogP contribution in [0.15, 0.2) is 59.4 Å². The monoisotopic (exact) mass is 427 g/mol. The Bertz CT molecular complexity index is 1360. The summed E-state index contributed by atoms with van der Waals surface area (Å²) in [4.78, 5) is 15.5. The van der Waals surface area contributed by atoms with Gasteiger partial charge in [-0.2, -0.15) is 5.26 Å². The highest BCUT2D eigenvalue weighted by atomic mass is 16.5. The van der Waals surface area contributed by atoms with Crippen LogP contribution in [0.1, 0.15) is 11.1 Å². The molecule has 0 N–H and O–H groups in total. The second kappa shape index (κ2) is 8.69. The van der Waals surface area contributed by atoms with Gasteiger partial charge in [0.1, 0.15) is 0 Å². The number of likely N-dealkylation sites (N-methyl/N-ethyl adjacent to an activating group) is 1. The van der Waals surface area contributed by atoms with Gasteiger partial charge in [0.15, 0.2) is 5.75 Å². The van der Waals surface area contributed by atoms with Crippen molar-refractivity contribution in [2.24, 2.45) is 0 Å². The molecule has 7 nitrogen and oxygen atoms in total. The van der Waals surface area contributed by atoms with Gasteiger partial charge in [-0.05, 0) is 50.3 Å². The van der Waals surface area contributed by atoms with Crippen molar-refractivity contribution >= 4 is 5.65 Å². The smallest absolute Gasteiger partial charge is 0.351 e. The van der Waals surface area contributed by atoms with Gasteiger partial charge in [-0.15, -0.1) is 5.10 Å². The summed E-state index contributed by atoms with van der Waals surface area (Å²) in [6.45, 7) is 3.19. The molecule has 0 saturated heterocycles. The highest BCUT2D eigenvalue weighted by Crippen LogP contribution is 2.36. The number of nitrogens with zero attached hydrogens (tertiary/aromatic N) is 5. The highest BCUT2D eigenvalue weighted by molar-refractivity contribution is 5.85. The number of ether oxygens (including phenoxy) is 1. The Hall–Kier alpha value is -3.89. The Labute approximate surface area is 186 Å². The third-order valence-electron chi connectivity index (χ3n) is 5.44. The predicted molar refractivity (Wildman–Crippen MR) is 125 cm³/mol. The zero-order chi connectivity index (χ0) is 22.8. The minimum Gasteiger partial charge on any atom is -0.493 e. The lowest BCUT2D eigenvalue weighted by molar-refractivity contribution is 0.369. The lowest BCUT2D eigenvalue weighted by Gasteiger charge is -2.15. The van der Waals surface area contributed by atoms with E-state index in [0.29, 0.717) is 30.0 Å². The number of aromatic nitrogens is 3. The van der Waals surface area contributed by atoms with Gasteiger partial charge < -0.3 is 9.64 Å². The zero-order valence-electron chi connectivity index (χ0n) is 18.7. The van der Waals surface area contributed by atoms with Crippen LogP contribution in [-0.2, 0) is 6.54 Å². The van der Waals surface area contributed by atoms with Crippen molar-refractivity contribution in [3.05, 3.63) is 76.2 Å². The molecule has 0 atom stereocenters. The van der Waals surface area contributed by atoms with Gasteiger partial charge in [0.25, 0.3) is 0 Å². The number of fused-ring (bicyclic) bond motifs is 1. The third-order valence-corrected chi connectivity index (χ3v) is 5.44. The quantitative estimate of drug-likeness (QED) is 0.470. The second-order valence-corrected chi connectivity index (χ2v) is 8.00. The molecule has 0 bridgehead atoms. The van der Waals surface area contributed by atoms with E-state index >= 15 is 0 Å². The largest absolute Gasteiger partial charge is 0.493 e. The molecule has 0 radical (unpaired) electrons. The van der Waals surface area contributed by atoms with Gasteiger partial charge in [0, 0.05) is 12.1 Å². The summed E-state index contributed by atoms with van der Waals surface area (Å²) < 4.78 is 8.76. The van der Waals surface area contributed by atoms with E-state index in [2.05, 4.69) is 11.2 Å². The number of hydrogen-bond acceptors (Lipinski definition) is 5. The Kier molecular flexibility index (Phi) is 5.80. The predicted octanol–water partition coefficient (Wildman–Crippen LogP) is 3.58. The highest BCUT2D eigenvalue weighted by Gasteiger charge is 2.21. The Morgan fingerprint density at radius 2 is 1.72 bits per heavy atom. The number of methoxy groups -OCH3 is 1. The number of benzene rings is 2. The van der Waals surface area contributed by atoms with Crippen LogP contribution >= 0.6 is 0 Å². The molecule has 0 fully saturated rings. The summed E-state index contributed by atoms with van der Waals surface area (Å²) in [5, 5.41) is 13.8. The Morgan fingerprint density at radius 1 is 1.06 bits per heavy atom. The number of pyridine rings is 1. The lowest BCUT2D eigenvalue weighted by atomic mass is 9.97. The summed E-state index contributed by atoms with van der Waals surface area (Å²) in [5.74, 6) is 0.515. The maximum atomic E-state index is 13.5. The van der Waals surface area contributed by atoms with Crippen LogP contribution in [0.3, 0.4) is 0 Å². The van der Waals surface area contributed by atoms with Crippen molar-refractivity contribution in [3.63, 3.8) is 0 Å². The fourth-order valence-electron chi connectivity index (χ4n) is 3.68. The molecule has 4 rings (SSSR count). The van der Waals surface area contributed by atoms with Crippen LogP contribution in [0.25, 0.3) is 28.0 Å². The van der Waals surface area contributed by atoms with E-state index < -0.39 is 0 Å². The molecular formula is C25H25N5O2. The molecule has 0 saturated carbocycles. The average molecular weight is 428 g/mol. The van der Waals surface area contributed by atoms with Gasteiger partial charge >= 0.3 is 5.69 Å². The van der Waals surface area contributed by atoms with Crippen molar-refractivity contribution < 1.29 is 4.74 Å². The van der Waals surface area contributed by atoms with Crippen molar-refractivity contribution in [3.8, 4) is 34.2 Å². The van der Waals surface area contributed by atoms with E-state index in [1.807, 2.05) is 68.4 Å². The van der Waals surface area contributed by atoms with Crippen molar-refractivity contribution in [2.75, 3.05) is 27.7 Å². The summed E-state index contributed by atoms with van der Waals surface area (Å²) in [7, 11) is 5.50. The van der Waals surface area contributed by atoms with Crippen LogP contribution in [0.5, 0.6) is 5.75 Å². The molecule has 0 aliphatic heterocycles. The van der Waals surface area contributed by atoms with E-state index in [0.717, 1.165) is 27.9 Å². The minimum absolute atomic E-state index is 0.216. The third kappa shape index (κ3) is 3.88. The molecular weight excluding hydrogens is 402 g/mol. The minimum atomic E-state index is -0.216. The van der Waals surface area contributed by atoms with Gasteiger partial charge in [-0.1, -0.05) is 42.0 Å². The second-order valence-electron chi connectivity index (χ2n) is 8.00. The molecule has 0 unspecified atom stereocenters. The fourth-order valence-corrected chi connectivity index (χ4v) is 3.68. The maximum absolute atomic E-state index is 13.5. The number of aryl methyl sites for hydroxylation is 1. The van der Waals surface area contributed by atoms with Crippen LogP contribution in [0.4, 0.5) is 0 Å². The van der Waals surface area contributed by atoms with E-state index in [1.165, 1.54) is 4.68 Å². The summed E-state index contributed by atoms with van der Waals surface area (Å²) in [6.07, 6.45) is 0. The van der Waals surface area contributed by atoms with Gasteiger partial charge in [-0.25, -0.2) is 13.9 Å². The maximum Gasteiger partial charge on any atom is 0.351 e. The standard InChI is InChI=1S/C25H25N5O2/c1-17-5-9-20(10-6-17)23-21(19-11-7-18(16-26)8-12-19)15-22(32-4)24-27-29(14-13-28(2)3)25(31)30(23)24/h5-12,15H,13-14H2,1-4H3. The molecule has 32 heavy (non-hydrogen) atoms. The van der Waals surface area contributed by atoms with E-state index in [1.54, 1.807) is 23.6 Å². The normalized spacial score (nSPS) is 11.1. The molecule has 4 aromatic rings. The molecule has 2 heterocycles. The topological polar surface area (TPSA) is 75.6 Å². The van der Waals surface area contributed by atoms with Crippen molar-refractivity contribution in [1.82, 2.24) is 19.1 Å². The summed E-state index contributed by atoms with van der Waals surface area (Å²) in [6, 6.07) is 19.4. The van der Waals surface area contributed by atoms with E-state index in [4.69, 9.17) is 4.74 Å². The summed E-state index contributed by atoms with van der Waals surface area (Å²) >= 11 is 0. The first-order valence-electron chi connectivity index (χ1n) is 10.4. The molecule has 0 aliphatic carbocycles. The first-order chi connectivity index (χ1) is 15.4. The SMILES string of the molecule is COc1cc(-c2ccc(C#N)cc2)c(-c2ccc(C)cc2)n2c(=O)n(CCN(C)C)nc12. The Morgan fingerprint density at radius 3 is 2.31 bits per heavy atom. The zero-order valence-corrected chi connectivity index (χ0v) is 18.7. The van der Waals surface area contributed by atoms with Gasteiger partial charge in [0.2, 0.25) is 5.65 Å². The first-order valence-corrected chi connectivity index (χ1v) is 10.4. The first kappa shape index (κ1) is 21.3. The molecule has 0 amide bonds. The number of hydrogen-bond donors (Lipinski definition) is 0. The lowest BCUT2D eigenvalue weighted by Crippen LogP contribution is -2.27. The van der Waals surface area contributed by atoms with Gasteiger partial charge in [-0.3, -0.25) is 0 Å². The molecule has 0 spiro atoms. The Balaban J connectivity index is 2.06. The molecule has 2 aromatic heterocycles. The van der Waals surface area contributed by atoms with Crippen molar-refractivity contribution in [2.45, 2.75) is 13.5 Å². The number of rotatable bonds is 6. The van der Waals surface area contributed by atoms with E-state index in [-0.39, 0.29) is 5.69 Å². The summed E-state index contributed by atoms with van der Waals surface area (Å²) in [5.41, 5.74) is 5.32. The molecule has 7 heteroatoms. The molecule has 2 aromatic carbocycles. The number of nitriles is 1. The van der Waals surface area contributed by atoms with Crippen LogP contribution in [0, 0.1) is 18.3 Å². The van der Waals surface area contributed by atoms with Crippen molar-refractivity contribution in [1.29, 1.82) is 5.26 Å². The fraction of sp³-hybridized carbons (Fsp3) is 0.240. The van der Waals surface area contributed by atoms with E-state index in [9.17, 15) is 10.1 Å². The van der Waals surface area contributed by atoms with Gasteiger partial charge in [0.05, 0.1) is 31.0 Å². The van der Waals surface area contributed by atoms with Crippen LogP contribution in [-0.4, -0.2) is 46.8 Å². The van der Waals surface area contributed by atoms with Crippen LogP contribution in [0.2, 0.25) is 0 Å².